The number of carbonyl (C=O) groups excluding carboxylic acids is 1. The zero-order chi connectivity index (χ0) is 16.7. The maximum Gasteiger partial charge on any atom is 0.251 e. The van der Waals surface area contributed by atoms with Crippen LogP contribution in [0.3, 0.4) is 0 Å². The van der Waals surface area contributed by atoms with Gasteiger partial charge in [-0.05, 0) is 47.5 Å². The van der Waals surface area contributed by atoms with E-state index >= 15 is 0 Å². The summed E-state index contributed by atoms with van der Waals surface area (Å²) < 4.78 is 12.2. The van der Waals surface area contributed by atoms with Gasteiger partial charge < -0.3 is 14.8 Å². The van der Waals surface area contributed by atoms with Crippen LogP contribution in [0.5, 0.6) is 11.5 Å². The normalized spacial score (nSPS) is 10.2. The smallest absolute Gasteiger partial charge is 0.251 e. The molecule has 4 nitrogen and oxygen atoms in total. The van der Waals surface area contributed by atoms with Crippen LogP contribution < -0.4 is 14.8 Å². The second-order valence-electron chi connectivity index (χ2n) is 4.85. The molecule has 122 valence electrons. The van der Waals surface area contributed by atoms with E-state index in [0.29, 0.717) is 41.3 Å². The topological polar surface area (TPSA) is 47.6 Å². The summed E-state index contributed by atoms with van der Waals surface area (Å²) in [5.74, 6) is 1.02. The molecule has 0 saturated heterocycles. The van der Waals surface area contributed by atoms with E-state index in [0.717, 1.165) is 5.56 Å². The minimum atomic E-state index is -0.135. The van der Waals surface area contributed by atoms with Gasteiger partial charge in [0.25, 0.3) is 5.91 Å². The number of ether oxygens (including phenoxy) is 2. The standard InChI is InChI=1S/C18H20BrNO3/c1-3-20-18(21)14-10-15(19)17(16(11-14)22-4-2)23-12-13-8-6-5-7-9-13/h5-11H,3-4,12H2,1-2H3,(H,20,21). The molecule has 0 atom stereocenters. The Bertz CT molecular complexity index is 659. The van der Waals surface area contributed by atoms with Crippen LogP contribution >= 0.6 is 15.9 Å². The molecule has 2 aromatic carbocycles. The van der Waals surface area contributed by atoms with Crippen molar-refractivity contribution in [3.05, 3.63) is 58.1 Å². The second-order valence-corrected chi connectivity index (χ2v) is 5.71. The molecular formula is C18H20BrNO3. The lowest BCUT2D eigenvalue weighted by Crippen LogP contribution is -2.22. The van der Waals surface area contributed by atoms with Gasteiger partial charge in [-0.3, -0.25) is 4.79 Å². The van der Waals surface area contributed by atoms with Gasteiger partial charge in [0.1, 0.15) is 6.61 Å². The summed E-state index contributed by atoms with van der Waals surface area (Å²) in [6.07, 6.45) is 0. The van der Waals surface area contributed by atoms with E-state index in [1.807, 2.05) is 44.2 Å². The Morgan fingerprint density at radius 3 is 2.52 bits per heavy atom. The second kappa shape index (κ2) is 8.58. The zero-order valence-electron chi connectivity index (χ0n) is 13.3. The van der Waals surface area contributed by atoms with Crippen molar-refractivity contribution < 1.29 is 14.3 Å². The molecule has 0 spiro atoms. The third kappa shape index (κ3) is 4.73. The molecule has 0 aliphatic rings. The number of nitrogens with one attached hydrogen (secondary N) is 1. The maximum atomic E-state index is 12.0. The van der Waals surface area contributed by atoms with E-state index in [9.17, 15) is 4.79 Å². The first kappa shape index (κ1) is 17.3. The molecule has 2 rings (SSSR count). The minimum Gasteiger partial charge on any atom is -0.490 e. The molecule has 0 bridgehead atoms. The minimum absolute atomic E-state index is 0.135. The van der Waals surface area contributed by atoms with Gasteiger partial charge in [0.2, 0.25) is 0 Å². The highest BCUT2D eigenvalue weighted by Gasteiger charge is 2.16. The van der Waals surface area contributed by atoms with E-state index in [2.05, 4.69) is 21.2 Å². The number of hydrogen-bond donors (Lipinski definition) is 1. The number of halogens is 1. The van der Waals surface area contributed by atoms with Gasteiger partial charge in [-0.25, -0.2) is 0 Å². The van der Waals surface area contributed by atoms with Crippen LogP contribution in [0.4, 0.5) is 0 Å². The van der Waals surface area contributed by atoms with Crippen LogP contribution in [0.15, 0.2) is 46.9 Å². The number of rotatable bonds is 7. The van der Waals surface area contributed by atoms with E-state index < -0.39 is 0 Å². The fraction of sp³-hybridized carbons (Fsp3) is 0.278. The van der Waals surface area contributed by atoms with Crippen molar-refractivity contribution in [2.24, 2.45) is 0 Å². The molecular weight excluding hydrogens is 358 g/mol. The van der Waals surface area contributed by atoms with Crippen molar-refractivity contribution in [3.63, 3.8) is 0 Å². The van der Waals surface area contributed by atoms with Crippen LogP contribution in [0, 0.1) is 0 Å². The van der Waals surface area contributed by atoms with Crippen molar-refractivity contribution >= 4 is 21.8 Å². The maximum absolute atomic E-state index is 12.0. The molecule has 0 heterocycles. The zero-order valence-corrected chi connectivity index (χ0v) is 14.9. The molecule has 1 amide bonds. The molecule has 0 aliphatic heterocycles. The third-order valence-corrected chi connectivity index (χ3v) is 3.72. The number of amides is 1. The summed E-state index contributed by atoms with van der Waals surface area (Å²) in [7, 11) is 0. The predicted molar refractivity (Wildman–Crippen MR) is 94.1 cm³/mol. The lowest BCUT2D eigenvalue weighted by molar-refractivity contribution is 0.0955. The fourth-order valence-electron chi connectivity index (χ4n) is 2.09. The first-order valence-corrected chi connectivity index (χ1v) is 8.36. The summed E-state index contributed by atoms with van der Waals surface area (Å²) in [6.45, 7) is 5.28. The van der Waals surface area contributed by atoms with Crippen LogP contribution in [0.2, 0.25) is 0 Å². The van der Waals surface area contributed by atoms with Gasteiger partial charge in [0, 0.05) is 12.1 Å². The lowest BCUT2D eigenvalue weighted by atomic mass is 10.2. The Kier molecular flexibility index (Phi) is 6.47. The van der Waals surface area contributed by atoms with Crippen molar-refractivity contribution in [3.8, 4) is 11.5 Å². The molecule has 2 aromatic rings. The van der Waals surface area contributed by atoms with Crippen LogP contribution in [0.25, 0.3) is 0 Å². The quantitative estimate of drug-likeness (QED) is 0.787. The Balaban J connectivity index is 2.25. The van der Waals surface area contributed by atoms with Gasteiger partial charge in [-0.1, -0.05) is 30.3 Å². The van der Waals surface area contributed by atoms with Gasteiger partial charge >= 0.3 is 0 Å². The van der Waals surface area contributed by atoms with Gasteiger partial charge in [0.15, 0.2) is 11.5 Å². The van der Waals surface area contributed by atoms with Crippen LogP contribution in [0.1, 0.15) is 29.8 Å². The highest BCUT2D eigenvalue weighted by Crippen LogP contribution is 2.37. The van der Waals surface area contributed by atoms with Crippen molar-refractivity contribution in [2.45, 2.75) is 20.5 Å². The Morgan fingerprint density at radius 2 is 1.87 bits per heavy atom. The van der Waals surface area contributed by atoms with E-state index in [1.165, 1.54) is 0 Å². The molecule has 1 N–H and O–H groups in total. The summed E-state index contributed by atoms with van der Waals surface area (Å²) in [4.78, 5) is 12.0. The molecule has 23 heavy (non-hydrogen) atoms. The first-order valence-electron chi connectivity index (χ1n) is 7.57. The fourth-order valence-corrected chi connectivity index (χ4v) is 2.65. The largest absolute Gasteiger partial charge is 0.490 e. The molecule has 0 radical (unpaired) electrons. The van der Waals surface area contributed by atoms with Crippen molar-refractivity contribution in [1.82, 2.24) is 5.32 Å². The predicted octanol–water partition coefficient (Wildman–Crippen LogP) is 4.18. The summed E-state index contributed by atoms with van der Waals surface area (Å²) >= 11 is 3.48. The van der Waals surface area contributed by atoms with E-state index in [1.54, 1.807) is 12.1 Å². The van der Waals surface area contributed by atoms with Gasteiger partial charge in [-0.2, -0.15) is 0 Å². The average molecular weight is 378 g/mol. The van der Waals surface area contributed by atoms with Crippen LogP contribution in [-0.4, -0.2) is 19.1 Å². The summed E-state index contributed by atoms with van der Waals surface area (Å²) in [5, 5.41) is 2.78. The SMILES string of the molecule is CCNC(=O)c1cc(Br)c(OCc2ccccc2)c(OCC)c1. The highest BCUT2D eigenvalue weighted by molar-refractivity contribution is 9.10. The number of benzene rings is 2. The van der Waals surface area contributed by atoms with Gasteiger partial charge in [0.05, 0.1) is 11.1 Å². The summed E-state index contributed by atoms with van der Waals surface area (Å²) in [6, 6.07) is 13.3. The highest BCUT2D eigenvalue weighted by atomic mass is 79.9. The molecule has 0 saturated carbocycles. The molecule has 0 aromatic heterocycles. The van der Waals surface area contributed by atoms with Crippen molar-refractivity contribution in [2.75, 3.05) is 13.2 Å². The van der Waals surface area contributed by atoms with E-state index in [-0.39, 0.29) is 5.91 Å². The Morgan fingerprint density at radius 1 is 1.13 bits per heavy atom. The molecule has 5 heteroatoms. The van der Waals surface area contributed by atoms with Crippen molar-refractivity contribution in [1.29, 1.82) is 0 Å². The number of carbonyl (C=O) groups is 1. The summed E-state index contributed by atoms with van der Waals surface area (Å²) in [5.41, 5.74) is 1.60. The monoisotopic (exact) mass is 377 g/mol. The van der Waals surface area contributed by atoms with Crippen LogP contribution in [-0.2, 0) is 6.61 Å². The first-order chi connectivity index (χ1) is 11.2. The van der Waals surface area contributed by atoms with Gasteiger partial charge in [-0.15, -0.1) is 0 Å². The number of hydrogen-bond acceptors (Lipinski definition) is 3. The lowest BCUT2D eigenvalue weighted by Gasteiger charge is -2.15. The molecule has 0 fully saturated rings. The Labute approximate surface area is 144 Å². The average Bonchev–Trinajstić information content (AvgIpc) is 2.55. The molecule has 0 unspecified atom stereocenters. The Hall–Kier alpha value is -2.01. The van der Waals surface area contributed by atoms with E-state index in [4.69, 9.17) is 9.47 Å². The third-order valence-electron chi connectivity index (χ3n) is 3.13. The molecule has 0 aliphatic carbocycles.